The molecule has 2 aliphatic carbocycles. The van der Waals surface area contributed by atoms with Crippen molar-refractivity contribution in [2.75, 3.05) is 27.9 Å². The minimum atomic E-state index is -0.972. The van der Waals surface area contributed by atoms with Gasteiger partial charge < -0.3 is 44.6 Å². The summed E-state index contributed by atoms with van der Waals surface area (Å²) < 4.78 is 15.4. The Kier molecular flexibility index (Phi) is 11.2. The van der Waals surface area contributed by atoms with Crippen molar-refractivity contribution >= 4 is 34.8 Å². The lowest BCUT2D eigenvalue weighted by atomic mass is 9.93. The first kappa shape index (κ1) is 43.1. The normalized spacial score (nSPS) is 21.9. The number of imidazole rings is 2. The predicted molar refractivity (Wildman–Crippen MR) is 241 cm³/mol. The summed E-state index contributed by atoms with van der Waals surface area (Å²) >= 11 is 0. The van der Waals surface area contributed by atoms with E-state index < -0.39 is 29.9 Å². The maximum absolute atomic E-state index is 14.3. The molecule has 9 rings (SSSR count). The van der Waals surface area contributed by atoms with Gasteiger partial charge in [0.1, 0.15) is 23.7 Å². The summed E-state index contributed by atoms with van der Waals surface area (Å²) in [6.07, 6.45) is 8.19. The molecule has 4 N–H and O–H groups in total. The smallest absolute Gasteiger partial charge is 0.407 e. The molecule has 5 aromatic rings. The molecule has 4 amide bonds. The van der Waals surface area contributed by atoms with Gasteiger partial charge in [0, 0.05) is 25.3 Å². The maximum Gasteiger partial charge on any atom is 0.407 e. The Morgan fingerprint density at radius 1 is 0.766 bits per heavy atom. The zero-order valence-electron chi connectivity index (χ0n) is 37.6. The van der Waals surface area contributed by atoms with Crippen LogP contribution in [0.5, 0.6) is 0 Å². The fourth-order valence-corrected chi connectivity index (χ4v) is 10.3. The third-order valence-electron chi connectivity index (χ3n) is 14.4. The third kappa shape index (κ3) is 7.99. The lowest BCUT2D eigenvalue weighted by Crippen LogP contribution is -2.60. The second kappa shape index (κ2) is 16.7. The lowest BCUT2D eigenvalue weighted by Gasteiger charge is -2.40. The molecule has 0 unspecified atom stereocenters. The highest BCUT2D eigenvalue weighted by Crippen LogP contribution is 2.58. The molecule has 15 heteroatoms. The molecule has 2 aromatic heterocycles. The molecule has 336 valence electrons. The molecule has 3 aromatic carbocycles. The molecule has 6 atom stereocenters. The molecule has 2 saturated heterocycles. The van der Waals surface area contributed by atoms with E-state index in [1.54, 1.807) is 13.8 Å². The number of alkyl carbamates (subject to hydrolysis) is 2. The molecular weight excluding hydrogens is 813 g/mol. The first-order valence-corrected chi connectivity index (χ1v) is 22.3. The van der Waals surface area contributed by atoms with Gasteiger partial charge in [0.15, 0.2) is 0 Å². The zero-order chi connectivity index (χ0) is 45.1. The number of aromatic nitrogens is 4. The van der Waals surface area contributed by atoms with Gasteiger partial charge in [-0.3, -0.25) is 9.59 Å². The van der Waals surface area contributed by atoms with Crippen LogP contribution in [0.15, 0.2) is 73.1 Å². The van der Waals surface area contributed by atoms with Crippen LogP contribution in [0.4, 0.5) is 9.59 Å². The fourth-order valence-electron chi connectivity index (χ4n) is 10.3. The number of nitrogens with one attached hydrogen (secondary N) is 4. The summed E-state index contributed by atoms with van der Waals surface area (Å²) in [4.78, 5) is 73.2. The van der Waals surface area contributed by atoms with Crippen LogP contribution in [0.25, 0.3) is 44.4 Å². The van der Waals surface area contributed by atoms with Crippen molar-refractivity contribution in [3.63, 3.8) is 0 Å². The average molecular weight is 871 g/mol. The Labute approximate surface area is 373 Å². The Morgan fingerprint density at radius 2 is 1.36 bits per heavy atom. The number of piperidine rings is 1. The topological polar surface area (TPSA) is 184 Å². The SMILES string of the molecule is COC(=O)N[C@H](C(=O)N1CC2(CC2)C[C@H]1c1ncc(-c2ccc(-c3ccc4cc(-c5cnc([C@@H]6[C@@H]7CC[C@H](C7)N6C(=O)[C@@H](NC(=O)OC)C(C)(C)OC)[nH]5)ccc4c3)cc2)[nH]1)C(C)C. The quantitative estimate of drug-likeness (QED) is 0.0968. The number of methoxy groups -OCH3 is 3. The second-order valence-corrected chi connectivity index (χ2v) is 19.1. The Morgan fingerprint density at radius 3 is 2.02 bits per heavy atom. The van der Waals surface area contributed by atoms with Crippen LogP contribution in [0.1, 0.15) is 90.0 Å². The molecule has 0 radical (unpaired) electrons. The largest absolute Gasteiger partial charge is 0.453 e. The number of likely N-dealkylation sites (tertiary alicyclic amines) is 2. The van der Waals surface area contributed by atoms with Gasteiger partial charge in [-0.25, -0.2) is 19.6 Å². The number of nitrogens with zero attached hydrogens (tertiary/aromatic N) is 4. The van der Waals surface area contributed by atoms with Crippen LogP contribution in [0, 0.1) is 17.3 Å². The van der Waals surface area contributed by atoms with E-state index in [1.165, 1.54) is 21.3 Å². The van der Waals surface area contributed by atoms with Crippen LogP contribution in [0.3, 0.4) is 0 Å². The van der Waals surface area contributed by atoms with E-state index in [9.17, 15) is 19.2 Å². The average Bonchev–Trinajstić information content (AvgIpc) is 3.94. The van der Waals surface area contributed by atoms with Gasteiger partial charge >= 0.3 is 12.2 Å². The molecule has 1 spiro atoms. The number of hydrogen-bond donors (Lipinski definition) is 4. The van der Waals surface area contributed by atoms with E-state index >= 15 is 0 Å². The number of H-pyrrole nitrogens is 2. The van der Waals surface area contributed by atoms with Gasteiger partial charge in [-0.2, -0.15) is 0 Å². The fraction of sp³-hybridized carbons (Fsp3) is 0.469. The van der Waals surface area contributed by atoms with Crippen molar-refractivity contribution in [3.8, 4) is 33.6 Å². The summed E-state index contributed by atoms with van der Waals surface area (Å²) in [5, 5.41) is 7.67. The maximum atomic E-state index is 14.3. The molecule has 4 fully saturated rings. The molecule has 15 nitrogen and oxygen atoms in total. The number of rotatable bonds is 12. The van der Waals surface area contributed by atoms with Crippen LogP contribution < -0.4 is 10.6 Å². The number of ether oxygens (including phenoxy) is 3. The van der Waals surface area contributed by atoms with E-state index in [1.807, 2.05) is 36.0 Å². The Hall–Kier alpha value is -6.22. The number of benzene rings is 3. The van der Waals surface area contributed by atoms with Crippen LogP contribution in [-0.4, -0.2) is 105 Å². The molecule has 2 saturated carbocycles. The standard InChI is InChI=1S/C49H58N8O7/c1-27(2)39(54-46(60)62-5)44(58)56-26-49(18-19-49)23-38(56)42-50-24-36(52-42)29-10-8-28(9-11-29)30-12-13-32-21-33(15-14-31(32)20-30)37-25-51-43(53-37)40-34-16-17-35(22-34)57(40)45(59)41(48(3,4)64-7)55-47(61)63-6/h8-15,20-21,24-25,27,34-35,38-41H,16-19,22-23,26H2,1-7H3,(H,50,52)(H,51,53)(H,54,60)(H,55,61)/t34-,35-,38+,39+,40+,41-/m1/s1. The van der Waals surface area contributed by atoms with Crippen molar-refractivity contribution in [3.05, 3.63) is 84.7 Å². The number of hydrogen-bond acceptors (Lipinski definition) is 9. The van der Waals surface area contributed by atoms with E-state index in [-0.39, 0.29) is 47.2 Å². The van der Waals surface area contributed by atoms with E-state index in [4.69, 9.17) is 24.2 Å². The van der Waals surface area contributed by atoms with Crippen LogP contribution >= 0.6 is 0 Å². The molecule has 4 heterocycles. The summed E-state index contributed by atoms with van der Waals surface area (Å²) in [5.41, 5.74) is 5.04. The van der Waals surface area contributed by atoms with Crippen molar-refractivity contribution in [2.45, 2.75) is 102 Å². The Balaban J connectivity index is 0.897. The summed E-state index contributed by atoms with van der Waals surface area (Å²) in [5.74, 6) is 1.32. The van der Waals surface area contributed by atoms with Gasteiger partial charge in [0.05, 0.1) is 55.7 Å². The second-order valence-electron chi connectivity index (χ2n) is 19.1. The molecule has 2 bridgehead atoms. The number of carbonyl (C=O) groups is 4. The van der Waals surface area contributed by atoms with E-state index in [0.717, 1.165) is 94.6 Å². The molecule has 64 heavy (non-hydrogen) atoms. The van der Waals surface area contributed by atoms with E-state index in [2.05, 4.69) is 81.3 Å². The summed E-state index contributed by atoms with van der Waals surface area (Å²) in [6.45, 7) is 8.08. The van der Waals surface area contributed by atoms with Crippen molar-refractivity contribution < 1.29 is 33.4 Å². The number of fused-ring (bicyclic) bond motifs is 3. The highest BCUT2D eigenvalue weighted by atomic mass is 16.5. The molecule has 2 aliphatic heterocycles. The minimum absolute atomic E-state index is 0.0550. The first-order valence-electron chi connectivity index (χ1n) is 22.3. The van der Waals surface area contributed by atoms with Gasteiger partial charge in [0.25, 0.3) is 0 Å². The zero-order valence-corrected chi connectivity index (χ0v) is 37.6. The van der Waals surface area contributed by atoms with Crippen molar-refractivity contribution in [1.29, 1.82) is 0 Å². The van der Waals surface area contributed by atoms with Crippen molar-refractivity contribution in [2.24, 2.45) is 17.3 Å². The van der Waals surface area contributed by atoms with Gasteiger partial charge in [0.2, 0.25) is 11.8 Å². The Bertz CT molecular complexity index is 2580. The third-order valence-corrected chi connectivity index (χ3v) is 14.4. The van der Waals surface area contributed by atoms with Gasteiger partial charge in [-0.1, -0.05) is 62.4 Å². The predicted octanol–water partition coefficient (Wildman–Crippen LogP) is 7.92. The van der Waals surface area contributed by atoms with Crippen molar-refractivity contribution in [1.82, 2.24) is 40.4 Å². The number of amides is 4. The first-order chi connectivity index (χ1) is 30.7. The highest BCUT2D eigenvalue weighted by molar-refractivity contribution is 5.91. The molecule has 4 aliphatic rings. The highest BCUT2D eigenvalue weighted by Gasteiger charge is 2.56. The lowest BCUT2D eigenvalue weighted by molar-refractivity contribution is -0.145. The monoisotopic (exact) mass is 870 g/mol. The van der Waals surface area contributed by atoms with E-state index in [0.29, 0.717) is 6.54 Å². The minimum Gasteiger partial charge on any atom is -0.453 e. The van der Waals surface area contributed by atoms with Gasteiger partial charge in [-0.05, 0) is 109 Å². The van der Waals surface area contributed by atoms with Crippen LogP contribution in [-0.2, 0) is 23.8 Å². The van der Waals surface area contributed by atoms with Crippen LogP contribution in [0.2, 0.25) is 0 Å². The molecular formula is C49H58N8O7. The summed E-state index contributed by atoms with van der Waals surface area (Å²) in [6, 6.07) is 19.2. The van der Waals surface area contributed by atoms with Gasteiger partial charge in [-0.15, -0.1) is 0 Å². The number of aromatic amines is 2. The number of carbonyl (C=O) groups excluding carboxylic acids is 4. The summed E-state index contributed by atoms with van der Waals surface area (Å²) in [7, 11) is 4.12.